The van der Waals surface area contributed by atoms with Gasteiger partial charge < -0.3 is 16.4 Å². The zero-order chi connectivity index (χ0) is 15.8. The van der Waals surface area contributed by atoms with E-state index in [0.29, 0.717) is 31.0 Å². The predicted octanol–water partition coefficient (Wildman–Crippen LogP) is 1.48. The number of anilines is 1. The summed E-state index contributed by atoms with van der Waals surface area (Å²) in [5.41, 5.74) is 7.46. The van der Waals surface area contributed by atoms with E-state index in [1.54, 1.807) is 6.92 Å². The lowest BCUT2D eigenvalue weighted by atomic mass is 10.1. The van der Waals surface area contributed by atoms with Crippen molar-refractivity contribution in [1.82, 2.24) is 10.6 Å². The fourth-order valence-corrected chi connectivity index (χ4v) is 1.85. The molecular formula is C16H25N3O2. The van der Waals surface area contributed by atoms with Crippen molar-refractivity contribution in [3.05, 3.63) is 29.8 Å². The van der Waals surface area contributed by atoms with Gasteiger partial charge in [0, 0.05) is 18.7 Å². The maximum absolute atomic E-state index is 11.8. The van der Waals surface area contributed by atoms with Crippen LogP contribution in [0.25, 0.3) is 0 Å². The van der Waals surface area contributed by atoms with Crippen molar-refractivity contribution in [2.24, 2.45) is 5.92 Å². The Morgan fingerprint density at radius 3 is 2.48 bits per heavy atom. The van der Waals surface area contributed by atoms with Crippen molar-refractivity contribution >= 4 is 17.5 Å². The minimum Gasteiger partial charge on any atom is -0.399 e. The molecule has 21 heavy (non-hydrogen) atoms. The Labute approximate surface area is 126 Å². The lowest BCUT2D eigenvalue weighted by Gasteiger charge is -2.15. The van der Waals surface area contributed by atoms with Crippen LogP contribution in [0.3, 0.4) is 0 Å². The van der Waals surface area contributed by atoms with Crippen molar-refractivity contribution in [3.63, 3.8) is 0 Å². The van der Waals surface area contributed by atoms with Gasteiger partial charge in [-0.3, -0.25) is 9.59 Å². The van der Waals surface area contributed by atoms with E-state index in [9.17, 15) is 9.59 Å². The minimum atomic E-state index is -0.524. The smallest absolute Gasteiger partial charge is 0.242 e. The van der Waals surface area contributed by atoms with Gasteiger partial charge in [0.2, 0.25) is 11.8 Å². The maximum atomic E-state index is 11.8. The number of hydrogen-bond donors (Lipinski definition) is 3. The van der Waals surface area contributed by atoms with E-state index >= 15 is 0 Å². The largest absolute Gasteiger partial charge is 0.399 e. The van der Waals surface area contributed by atoms with E-state index in [2.05, 4.69) is 10.6 Å². The SMILES string of the molecule is CC(C)CNC(=O)C(C)NC(=O)CCc1ccccc1N. The van der Waals surface area contributed by atoms with Crippen LogP contribution in [-0.4, -0.2) is 24.4 Å². The van der Waals surface area contributed by atoms with Gasteiger partial charge >= 0.3 is 0 Å². The summed E-state index contributed by atoms with van der Waals surface area (Å²) >= 11 is 0. The Hall–Kier alpha value is -2.04. The van der Waals surface area contributed by atoms with Crippen LogP contribution in [0, 0.1) is 5.92 Å². The lowest BCUT2D eigenvalue weighted by molar-refractivity contribution is -0.128. The van der Waals surface area contributed by atoms with Gasteiger partial charge in [-0.25, -0.2) is 0 Å². The van der Waals surface area contributed by atoms with E-state index in [1.165, 1.54) is 0 Å². The van der Waals surface area contributed by atoms with E-state index in [-0.39, 0.29) is 11.8 Å². The predicted molar refractivity (Wildman–Crippen MR) is 84.6 cm³/mol. The molecule has 2 amide bonds. The number of nitrogen functional groups attached to an aromatic ring is 1. The van der Waals surface area contributed by atoms with Crippen LogP contribution in [0.2, 0.25) is 0 Å². The molecule has 1 rings (SSSR count). The Balaban J connectivity index is 2.36. The Morgan fingerprint density at radius 2 is 1.86 bits per heavy atom. The number of para-hydroxylation sites is 1. The van der Waals surface area contributed by atoms with Crippen molar-refractivity contribution < 1.29 is 9.59 Å². The highest BCUT2D eigenvalue weighted by Gasteiger charge is 2.15. The quantitative estimate of drug-likeness (QED) is 0.665. The highest BCUT2D eigenvalue weighted by atomic mass is 16.2. The van der Waals surface area contributed by atoms with Crippen LogP contribution in [-0.2, 0) is 16.0 Å². The molecule has 5 heteroatoms. The molecule has 0 heterocycles. The number of nitrogens with one attached hydrogen (secondary N) is 2. The summed E-state index contributed by atoms with van der Waals surface area (Å²) in [6, 6.07) is 6.95. The van der Waals surface area contributed by atoms with Gasteiger partial charge in [-0.2, -0.15) is 0 Å². The molecule has 1 aromatic rings. The van der Waals surface area contributed by atoms with Crippen LogP contribution >= 0.6 is 0 Å². The summed E-state index contributed by atoms with van der Waals surface area (Å²) in [5.74, 6) is 0.0830. The lowest BCUT2D eigenvalue weighted by Crippen LogP contribution is -2.45. The van der Waals surface area contributed by atoms with Gasteiger partial charge in [0.15, 0.2) is 0 Å². The average Bonchev–Trinajstić information content (AvgIpc) is 2.43. The average molecular weight is 291 g/mol. The van der Waals surface area contributed by atoms with E-state index in [1.807, 2.05) is 38.1 Å². The molecule has 1 aromatic carbocycles. The number of amides is 2. The van der Waals surface area contributed by atoms with Crippen molar-refractivity contribution in [2.45, 2.75) is 39.7 Å². The summed E-state index contributed by atoms with van der Waals surface area (Å²) in [4.78, 5) is 23.6. The standard InChI is InChI=1S/C16H25N3O2/c1-11(2)10-18-16(21)12(3)19-15(20)9-8-13-6-4-5-7-14(13)17/h4-7,11-12H,8-10,17H2,1-3H3,(H,18,21)(H,19,20). The number of nitrogens with two attached hydrogens (primary N) is 1. The molecule has 0 aliphatic carbocycles. The fourth-order valence-electron chi connectivity index (χ4n) is 1.85. The van der Waals surface area contributed by atoms with Crippen molar-refractivity contribution in [1.29, 1.82) is 0 Å². The van der Waals surface area contributed by atoms with Crippen LogP contribution in [0.5, 0.6) is 0 Å². The monoisotopic (exact) mass is 291 g/mol. The van der Waals surface area contributed by atoms with E-state index < -0.39 is 6.04 Å². The van der Waals surface area contributed by atoms with Gasteiger partial charge in [0.05, 0.1) is 0 Å². The molecule has 0 radical (unpaired) electrons. The summed E-state index contributed by atoms with van der Waals surface area (Å²) in [7, 11) is 0. The molecule has 116 valence electrons. The highest BCUT2D eigenvalue weighted by molar-refractivity contribution is 5.87. The van der Waals surface area contributed by atoms with Gasteiger partial charge in [-0.1, -0.05) is 32.0 Å². The number of rotatable bonds is 7. The van der Waals surface area contributed by atoms with Gasteiger partial charge in [0.1, 0.15) is 6.04 Å². The highest BCUT2D eigenvalue weighted by Crippen LogP contribution is 2.12. The molecule has 0 fully saturated rings. The third kappa shape index (κ3) is 6.29. The third-order valence-corrected chi connectivity index (χ3v) is 3.13. The van der Waals surface area contributed by atoms with Crippen LogP contribution < -0.4 is 16.4 Å². The van der Waals surface area contributed by atoms with Crippen LogP contribution in [0.1, 0.15) is 32.8 Å². The van der Waals surface area contributed by atoms with Gasteiger partial charge in [-0.15, -0.1) is 0 Å². The molecular weight excluding hydrogens is 266 g/mol. The zero-order valence-corrected chi connectivity index (χ0v) is 13.0. The second kappa shape index (κ2) is 8.29. The summed E-state index contributed by atoms with van der Waals surface area (Å²) in [6.45, 7) is 6.34. The number of carbonyl (C=O) groups excluding carboxylic acids is 2. The molecule has 1 atom stereocenters. The molecule has 0 aliphatic rings. The van der Waals surface area contributed by atoms with Crippen molar-refractivity contribution in [2.75, 3.05) is 12.3 Å². The number of benzene rings is 1. The Morgan fingerprint density at radius 1 is 1.19 bits per heavy atom. The molecule has 5 nitrogen and oxygen atoms in total. The van der Waals surface area contributed by atoms with Crippen LogP contribution in [0.15, 0.2) is 24.3 Å². The molecule has 0 aliphatic heterocycles. The zero-order valence-electron chi connectivity index (χ0n) is 13.0. The maximum Gasteiger partial charge on any atom is 0.242 e. The second-order valence-electron chi connectivity index (χ2n) is 5.63. The van der Waals surface area contributed by atoms with Crippen molar-refractivity contribution in [3.8, 4) is 0 Å². The van der Waals surface area contributed by atoms with Crippen LogP contribution in [0.4, 0.5) is 5.69 Å². The molecule has 4 N–H and O–H groups in total. The first-order valence-corrected chi connectivity index (χ1v) is 7.30. The molecule has 0 saturated heterocycles. The number of carbonyl (C=O) groups is 2. The topological polar surface area (TPSA) is 84.2 Å². The first-order valence-electron chi connectivity index (χ1n) is 7.30. The summed E-state index contributed by atoms with van der Waals surface area (Å²) in [6.07, 6.45) is 0.884. The third-order valence-electron chi connectivity index (χ3n) is 3.13. The first-order chi connectivity index (χ1) is 9.90. The number of hydrogen-bond acceptors (Lipinski definition) is 3. The fraction of sp³-hybridized carbons (Fsp3) is 0.500. The first kappa shape index (κ1) is 17.0. The van der Waals surface area contributed by atoms with Gasteiger partial charge in [0.25, 0.3) is 0 Å². The Bertz CT molecular complexity index is 486. The minimum absolute atomic E-state index is 0.148. The Kier molecular flexibility index (Phi) is 6.72. The molecule has 1 unspecified atom stereocenters. The molecule has 0 saturated carbocycles. The number of aryl methyl sites for hydroxylation is 1. The van der Waals surface area contributed by atoms with E-state index in [0.717, 1.165) is 5.56 Å². The summed E-state index contributed by atoms with van der Waals surface area (Å²) < 4.78 is 0. The molecule has 0 aromatic heterocycles. The summed E-state index contributed by atoms with van der Waals surface area (Å²) in [5, 5.41) is 5.50. The second-order valence-corrected chi connectivity index (χ2v) is 5.63. The van der Waals surface area contributed by atoms with E-state index in [4.69, 9.17) is 5.73 Å². The van der Waals surface area contributed by atoms with Gasteiger partial charge in [-0.05, 0) is 30.9 Å². The molecule has 0 bridgehead atoms. The normalized spacial score (nSPS) is 12.0. The molecule has 0 spiro atoms.